The van der Waals surface area contributed by atoms with Gasteiger partial charge >= 0.3 is 0 Å². The Morgan fingerprint density at radius 2 is 1.77 bits per heavy atom. The van der Waals surface area contributed by atoms with Crippen LogP contribution in [0.1, 0.15) is 28.0 Å². The second-order valence-corrected chi connectivity index (χ2v) is 7.31. The molecule has 0 bridgehead atoms. The number of amides is 1. The number of aromatic nitrogens is 2. The quantitative estimate of drug-likeness (QED) is 0.362. The van der Waals surface area contributed by atoms with Crippen molar-refractivity contribution in [3.8, 4) is 0 Å². The second kappa shape index (κ2) is 9.74. The Morgan fingerprint density at radius 3 is 2.67 bits per heavy atom. The first-order valence-corrected chi connectivity index (χ1v) is 10.4. The van der Waals surface area contributed by atoms with Crippen molar-refractivity contribution in [2.45, 2.75) is 19.3 Å². The van der Waals surface area contributed by atoms with Crippen molar-refractivity contribution in [3.63, 3.8) is 0 Å². The van der Waals surface area contributed by atoms with Crippen molar-refractivity contribution in [1.29, 1.82) is 0 Å². The lowest BCUT2D eigenvalue weighted by Crippen LogP contribution is -2.25. The summed E-state index contributed by atoms with van der Waals surface area (Å²) in [7, 11) is 0. The minimum absolute atomic E-state index is 0.136. The number of aryl methyl sites for hydroxylation is 1. The summed E-state index contributed by atoms with van der Waals surface area (Å²) >= 11 is 0. The highest BCUT2D eigenvalue weighted by molar-refractivity contribution is 5.93. The summed E-state index contributed by atoms with van der Waals surface area (Å²) in [6.07, 6.45) is 6.48. The van der Waals surface area contributed by atoms with Gasteiger partial charge in [0.25, 0.3) is 5.91 Å². The molecule has 4 aromatic rings. The molecule has 0 atom stereocenters. The predicted molar refractivity (Wildman–Crippen MR) is 122 cm³/mol. The van der Waals surface area contributed by atoms with E-state index in [0.717, 1.165) is 37.0 Å². The molecule has 0 unspecified atom stereocenters. The monoisotopic (exact) mass is 398 g/mol. The van der Waals surface area contributed by atoms with Gasteiger partial charge in [-0.3, -0.25) is 9.78 Å². The van der Waals surface area contributed by atoms with E-state index in [4.69, 9.17) is 0 Å². The smallest absolute Gasteiger partial charge is 0.269 e. The highest BCUT2D eigenvalue weighted by atomic mass is 16.1. The summed E-state index contributed by atoms with van der Waals surface area (Å²) in [4.78, 5) is 19.9. The van der Waals surface area contributed by atoms with Gasteiger partial charge in [0.15, 0.2) is 0 Å². The van der Waals surface area contributed by atoms with Gasteiger partial charge in [-0.2, -0.15) is 0 Å². The van der Waals surface area contributed by atoms with E-state index in [1.807, 2.05) is 36.4 Å². The zero-order valence-electron chi connectivity index (χ0n) is 16.9. The number of carbonyl (C=O) groups is 1. The number of fused-ring (bicyclic) bond motifs is 1. The Kier molecular flexibility index (Phi) is 6.40. The van der Waals surface area contributed by atoms with E-state index >= 15 is 0 Å². The molecule has 0 aliphatic heterocycles. The molecule has 30 heavy (non-hydrogen) atoms. The van der Waals surface area contributed by atoms with Crippen molar-refractivity contribution >= 4 is 22.5 Å². The number of nitrogens with zero attached hydrogens (tertiary/aromatic N) is 1. The molecule has 3 N–H and O–H groups in total. The van der Waals surface area contributed by atoms with Gasteiger partial charge in [-0.15, -0.1) is 0 Å². The van der Waals surface area contributed by atoms with Crippen LogP contribution in [0.15, 0.2) is 79.1 Å². The third-order valence-electron chi connectivity index (χ3n) is 5.16. The first-order valence-electron chi connectivity index (χ1n) is 10.4. The Bertz CT molecular complexity index is 1100. The van der Waals surface area contributed by atoms with Crippen LogP contribution in [0.4, 0.5) is 5.69 Å². The minimum atomic E-state index is -0.136. The van der Waals surface area contributed by atoms with Gasteiger partial charge in [0.1, 0.15) is 5.69 Å². The number of aromatic amines is 1. The molecular formula is C25H26N4O. The van der Waals surface area contributed by atoms with E-state index in [9.17, 15) is 4.79 Å². The maximum Gasteiger partial charge on any atom is 0.269 e. The first-order chi connectivity index (χ1) is 14.8. The summed E-state index contributed by atoms with van der Waals surface area (Å²) in [6.45, 7) is 1.41. The minimum Gasteiger partial charge on any atom is -0.385 e. The van der Waals surface area contributed by atoms with Gasteiger partial charge in [-0.1, -0.05) is 48.5 Å². The van der Waals surface area contributed by atoms with Gasteiger partial charge in [0, 0.05) is 42.1 Å². The van der Waals surface area contributed by atoms with Crippen LogP contribution >= 0.6 is 0 Å². The van der Waals surface area contributed by atoms with Crippen molar-refractivity contribution in [2.24, 2.45) is 0 Å². The van der Waals surface area contributed by atoms with Crippen LogP contribution < -0.4 is 10.6 Å². The average Bonchev–Trinajstić information content (AvgIpc) is 3.21. The van der Waals surface area contributed by atoms with E-state index in [1.165, 1.54) is 16.5 Å². The van der Waals surface area contributed by atoms with E-state index in [-0.39, 0.29) is 5.91 Å². The number of benzene rings is 2. The predicted octanol–water partition coefficient (Wildman–Crippen LogP) is 4.58. The van der Waals surface area contributed by atoms with Crippen molar-refractivity contribution in [1.82, 2.24) is 15.3 Å². The first kappa shape index (κ1) is 19.7. The van der Waals surface area contributed by atoms with Gasteiger partial charge < -0.3 is 15.6 Å². The van der Waals surface area contributed by atoms with Crippen molar-refractivity contribution in [2.75, 3.05) is 18.4 Å². The van der Waals surface area contributed by atoms with Gasteiger partial charge in [-0.05, 0) is 48.6 Å². The molecule has 0 radical (unpaired) electrons. The Morgan fingerprint density at radius 1 is 0.933 bits per heavy atom. The molecule has 0 saturated heterocycles. The summed E-state index contributed by atoms with van der Waals surface area (Å²) in [5.41, 5.74) is 5.06. The SMILES string of the molecule is O=C(NCCCc1ccccc1)c1cc(NCCc2c[nH]c3ccccc23)ccn1. The molecule has 152 valence electrons. The molecule has 2 heterocycles. The zero-order valence-corrected chi connectivity index (χ0v) is 16.9. The highest BCUT2D eigenvalue weighted by Crippen LogP contribution is 2.18. The molecule has 0 saturated carbocycles. The fraction of sp³-hybridized carbons (Fsp3) is 0.200. The molecular weight excluding hydrogens is 372 g/mol. The maximum absolute atomic E-state index is 12.4. The van der Waals surface area contributed by atoms with Crippen LogP contribution in [0, 0.1) is 0 Å². The molecule has 2 aromatic heterocycles. The molecule has 0 aliphatic rings. The molecule has 0 aliphatic carbocycles. The normalized spacial score (nSPS) is 10.8. The molecule has 4 rings (SSSR count). The third-order valence-corrected chi connectivity index (χ3v) is 5.16. The maximum atomic E-state index is 12.4. The molecule has 2 aromatic carbocycles. The number of H-pyrrole nitrogens is 1. The molecule has 0 spiro atoms. The lowest BCUT2D eigenvalue weighted by Gasteiger charge is -2.09. The van der Waals surface area contributed by atoms with Crippen molar-refractivity contribution < 1.29 is 4.79 Å². The topological polar surface area (TPSA) is 69.8 Å². The van der Waals surface area contributed by atoms with Gasteiger partial charge in [-0.25, -0.2) is 0 Å². The number of pyridine rings is 1. The Labute approximate surface area is 176 Å². The summed E-state index contributed by atoms with van der Waals surface area (Å²) < 4.78 is 0. The van der Waals surface area contributed by atoms with Crippen LogP contribution in [0.25, 0.3) is 10.9 Å². The fourth-order valence-electron chi connectivity index (χ4n) is 3.57. The number of hydrogen-bond acceptors (Lipinski definition) is 3. The fourth-order valence-corrected chi connectivity index (χ4v) is 3.57. The van der Waals surface area contributed by atoms with Crippen LogP contribution in [-0.2, 0) is 12.8 Å². The zero-order chi connectivity index (χ0) is 20.6. The lowest BCUT2D eigenvalue weighted by molar-refractivity contribution is 0.0948. The number of carbonyl (C=O) groups excluding carboxylic acids is 1. The number of para-hydroxylation sites is 1. The standard InChI is InChI=1S/C25H26N4O/c30-25(28-14-6-9-19-7-2-1-3-8-19)24-17-21(13-16-27-24)26-15-12-20-18-29-23-11-5-4-10-22(20)23/h1-5,7-8,10-11,13,16-18,29H,6,9,12,14-15H2,(H,26,27)(H,28,30). The number of rotatable bonds is 9. The summed E-state index contributed by atoms with van der Waals surface area (Å²) in [5, 5.41) is 7.61. The van der Waals surface area contributed by atoms with Crippen LogP contribution in [0.3, 0.4) is 0 Å². The number of nitrogens with one attached hydrogen (secondary N) is 3. The number of anilines is 1. The summed E-state index contributed by atoms with van der Waals surface area (Å²) in [6, 6.07) is 22.3. The third kappa shape index (κ3) is 5.06. The molecule has 5 heteroatoms. The summed E-state index contributed by atoms with van der Waals surface area (Å²) in [5.74, 6) is -0.136. The lowest BCUT2D eigenvalue weighted by atomic mass is 10.1. The second-order valence-electron chi connectivity index (χ2n) is 7.31. The highest BCUT2D eigenvalue weighted by Gasteiger charge is 2.08. The van der Waals surface area contributed by atoms with Gasteiger partial charge in [0.2, 0.25) is 0 Å². The van der Waals surface area contributed by atoms with Crippen LogP contribution in [-0.4, -0.2) is 29.0 Å². The molecule has 0 fully saturated rings. The van der Waals surface area contributed by atoms with E-state index in [0.29, 0.717) is 12.2 Å². The van der Waals surface area contributed by atoms with Crippen LogP contribution in [0.2, 0.25) is 0 Å². The van der Waals surface area contributed by atoms with Gasteiger partial charge in [0.05, 0.1) is 0 Å². The van der Waals surface area contributed by atoms with E-state index in [1.54, 1.807) is 6.20 Å². The Balaban J connectivity index is 1.25. The Hall–Kier alpha value is -3.60. The average molecular weight is 399 g/mol. The molecule has 5 nitrogen and oxygen atoms in total. The van der Waals surface area contributed by atoms with Crippen LogP contribution in [0.5, 0.6) is 0 Å². The van der Waals surface area contributed by atoms with Crippen molar-refractivity contribution in [3.05, 3.63) is 95.9 Å². The van der Waals surface area contributed by atoms with E-state index in [2.05, 4.69) is 57.1 Å². The molecule has 1 amide bonds. The van der Waals surface area contributed by atoms with E-state index < -0.39 is 0 Å². The number of hydrogen-bond donors (Lipinski definition) is 3. The largest absolute Gasteiger partial charge is 0.385 e.